The molecule has 114 valence electrons. The molecule has 0 amide bonds. The van der Waals surface area contributed by atoms with E-state index in [2.05, 4.69) is 4.99 Å². The van der Waals surface area contributed by atoms with Gasteiger partial charge in [0, 0.05) is 11.9 Å². The number of aromatic nitrogens is 1. The number of rotatable bonds is 1. The molecule has 1 aliphatic heterocycles. The quantitative estimate of drug-likeness (QED) is 0.674. The third kappa shape index (κ3) is 1.99. The summed E-state index contributed by atoms with van der Waals surface area (Å²) in [5.41, 5.74) is 2.79. The van der Waals surface area contributed by atoms with E-state index < -0.39 is 0 Å². The summed E-state index contributed by atoms with van der Waals surface area (Å²) in [6.07, 6.45) is 0. The number of fused-ring (bicyclic) bond motifs is 4. The van der Waals surface area contributed by atoms with Crippen LogP contribution in [0.3, 0.4) is 0 Å². The van der Waals surface area contributed by atoms with Crippen LogP contribution in [0.5, 0.6) is 11.5 Å². The molecule has 0 bridgehead atoms. The molecule has 0 unspecified atom stereocenters. The van der Waals surface area contributed by atoms with E-state index in [1.807, 2.05) is 62.4 Å². The van der Waals surface area contributed by atoms with E-state index in [0.29, 0.717) is 29.3 Å². The lowest BCUT2D eigenvalue weighted by atomic mass is 10.1. The summed E-state index contributed by atoms with van der Waals surface area (Å²) < 4.78 is 7.91. The zero-order valence-electron chi connectivity index (χ0n) is 13.0. The molecule has 0 saturated heterocycles. The highest BCUT2D eigenvalue weighted by molar-refractivity contribution is 6.07. The van der Waals surface area contributed by atoms with Gasteiger partial charge in [-0.2, -0.15) is 0 Å². The highest BCUT2D eigenvalue weighted by Gasteiger charge is 2.23. The van der Waals surface area contributed by atoms with E-state index in [1.165, 1.54) is 0 Å². The second-order valence-electron chi connectivity index (χ2n) is 5.54. The average Bonchev–Trinajstić information content (AvgIpc) is 2.71. The smallest absolute Gasteiger partial charge is 0.263 e. The summed E-state index contributed by atoms with van der Waals surface area (Å²) in [6.45, 7) is 4.44. The Morgan fingerprint density at radius 3 is 2.65 bits per heavy atom. The normalized spacial score (nSPS) is 12.9. The number of nitrogens with zero attached hydrogens (tertiary/aromatic N) is 2. The lowest BCUT2D eigenvalue weighted by Crippen LogP contribution is -2.26. The third-order valence-electron chi connectivity index (χ3n) is 4.17. The van der Waals surface area contributed by atoms with Crippen LogP contribution in [0.4, 0.5) is 5.69 Å². The van der Waals surface area contributed by atoms with Gasteiger partial charge in [-0.25, -0.2) is 4.99 Å². The molecule has 0 atom stereocenters. The predicted octanol–water partition coefficient (Wildman–Crippen LogP) is 4.27. The first-order valence-corrected chi connectivity index (χ1v) is 7.68. The zero-order chi connectivity index (χ0) is 16.0. The van der Waals surface area contributed by atoms with Gasteiger partial charge in [0.05, 0.1) is 11.2 Å². The Hall–Kier alpha value is -2.88. The SMILES string of the molecule is CCn1c(=O)c2c(c3ccccc31)Oc1ccccc1N=C2C. The predicted molar refractivity (Wildman–Crippen MR) is 92.3 cm³/mol. The Labute approximate surface area is 133 Å². The van der Waals surface area contributed by atoms with Crippen LogP contribution in [0.2, 0.25) is 0 Å². The second kappa shape index (κ2) is 5.09. The molecule has 0 spiro atoms. The van der Waals surface area contributed by atoms with Gasteiger partial charge in [0.2, 0.25) is 0 Å². The fourth-order valence-electron chi connectivity index (χ4n) is 3.10. The van der Waals surface area contributed by atoms with Crippen LogP contribution in [-0.4, -0.2) is 10.3 Å². The first-order valence-electron chi connectivity index (χ1n) is 7.68. The Morgan fingerprint density at radius 1 is 1.09 bits per heavy atom. The number of para-hydroxylation sites is 3. The summed E-state index contributed by atoms with van der Waals surface area (Å²) in [5, 5.41) is 0.926. The van der Waals surface area contributed by atoms with E-state index >= 15 is 0 Å². The van der Waals surface area contributed by atoms with Gasteiger partial charge >= 0.3 is 0 Å². The Morgan fingerprint density at radius 2 is 1.83 bits per heavy atom. The minimum absolute atomic E-state index is 0.0599. The second-order valence-corrected chi connectivity index (χ2v) is 5.54. The van der Waals surface area contributed by atoms with Crippen LogP contribution in [0.1, 0.15) is 19.4 Å². The molecule has 4 rings (SSSR count). The van der Waals surface area contributed by atoms with Crippen molar-refractivity contribution in [1.29, 1.82) is 0 Å². The van der Waals surface area contributed by atoms with Gasteiger partial charge in [0.25, 0.3) is 5.56 Å². The minimum atomic E-state index is -0.0599. The van der Waals surface area contributed by atoms with Crippen LogP contribution < -0.4 is 10.3 Å². The van der Waals surface area contributed by atoms with E-state index in [4.69, 9.17) is 4.74 Å². The molecule has 0 radical (unpaired) electrons. The van der Waals surface area contributed by atoms with Crippen molar-refractivity contribution in [3.05, 3.63) is 64.4 Å². The van der Waals surface area contributed by atoms with Crippen LogP contribution in [0, 0.1) is 0 Å². The van der Waals surface area contributed by atoms with Crippen molar-refractivity contribution in [3.63, 3.8) is 0 Å². The summed E-state index contributed by atoms with van der Waals surface area (Å²) >= 11 is 0. The molecule has 2 aromatic carbocycles. The molecule has 3 aromatic rings. The Kier molecular flexibility index (Phi) is 3.05. The molecule has 0 aliphatic carbocycles. The van der Waals surface area contributed by atoms with E-state index in [-0.39, 0.29) is 5.56 Å². The van der Waals surface area contributed by atoms with E-state index in [1.54, 1.807) is 4.57 Å². The van der Waals surface area contributed by atoms with Gasteiger partial charge in [0.15, 0.2) is 11.5 Å². The highest BCUT2D eigenvalue weighted by atomic mass is 16.5. The zero-order valence-corrected chi connectivity index (χ0v) is 13.0. The van der Waals surface area contributed by atoms with Crippen molar-refractivity contribution in [2.24, 2.45) is 4.99 Å². The molecule has 4 heteroatoms. The Bertz CT molecular complexity index is 1020. The van der Waals surface area contributed by atoms with Crippen molar-refractivity contribution < 1.29 is 4.74 Å². The monoisotopic (exact) mass is 304 g/mol. The molecule has 4 nitrogen and oxygen atoms in total. The highest BCUT2D eigenvalue weighted by Crippen LogP contribution is 2.39. The first-order chi connectivity index (χ1) is 11.2. The maximum atomic E-state index is 13.0. The Balaban J connectivity index is 2.17. The lowest BCUT2D eigenvalue weighted by molar-refractivity contribution is 0.488. The summed E-state index contributed by atoms with van der Waals surface area (Å²) in [7, 11) is 0. The fraction of sp³-hybridized carbons (Fsp3) is 0.158. The van der Waals surface area contributed by atoms with Gasteiger partial charge in [0.1, 0.15) is 11.3 Å². The number of hydrogen-bond acceptors (Lipinski definition) is 3. The molecule has 1 aliphatic rings. The van der Waals surface area contributed by atoms with Crippen molar-refractivity contribution in [2.75, 3.05) is 0 Å². The van der Waals surface area contributed by atoms with Crippen molar-refractivity contribution in [3.8, 4) is 11.5 Å². The lowest BCUT2D eigenvalue weighted by Gasteiger charge is -2.15. The molecule has 23 heavy (non-hydrogen) atoms. The van der Waals surface area contributed by atoms with Crippen LogP contribution in [0.15, 0.2) is 58.3 Å². The minimum Gasteiger partial charge on any atom is -0.453 e. The molecular formula is C19H16N2O2. The molecule has 2 heterocycles. The topological polar surface area (TPSA) is 43.6 Å². The molecule has 0 N–H and O–H groups in total. The molecule has 0 saturated carbocycles. The maximum absolute atomic E-state index is 13.0. The summed E-state index contributed by atoms with van der Waals surface area (Å²) in [5.74, 6) is 1.27. The van der Waals surface area contributed by atoms with Crippen LogP contribution in [-0.2, 0) is 6.54 Å². The van der Waals surface area contributed by atoms with Gasteiger partial charge in [-0.1, -0.05) is 24.3 Å². The van der Waals surface area contributed by atoms with Gasteiger partial charge < -0.3 is 9.30 Å². The molecular weight excluding hydrogens is 288 g/mol. The van der Waals surface area contributed by atoms with Gasteiger partial charge in [-0.05, 0) is 38.1 Å². The van der Waals surface area contributed by atoms with Crippen molar-refractivity contribution in [1.82, 2.24) is 4.57 Å². The van der Waals surface area contributed by atoms with Gasteiger partial charge in [-0.15, -0.1) is 0 Å². The maximum Gasteiger partial charge on any atom is 0.263 e. The number of benzene rings is 2. The number of pyridine rings is 1. The summed E-state index contributed by atoms with van der Waals surface area (Å²) in [6, 6.07) is 15.4. The first kappa shape index (κ1) is 13.8. The van der Waals surface area contributed by atoms with Crippen LogP contribution in [0.25, 0.3) is 10.9 Å². The molecule has 1 aromatic heterocycles. The third-order valence-corrected chi connectivity index (χ3v) is 4.17. The summed E-state index contributed by atoms with van der Waals surface area (Å²) in [4.78, 5) is 17.6. The molecule has 0 fully saturated rings. The fourth-order valence-corrected chi connectivity index (χ4v) is 3.10. The number of hydrogen-bond donors (Lipinski definition) is 0. The largest absolute Gasteiger partial charge is 0.453 e. The average molecular weight is 304 g/mol. The van der Waals surface area contributed by atoms with E-state index in [0.717, 1.165) is 16.6 Å². The number of aryl methyl sites for hydroxylation is 1. The standard InChI is InChI=1S/C19H16N2O2/c1-3-21-15-10-6-4-8-13(15)18-17(19(21)22)12(2)20-14-9-5-7-11-16(14)23-18/h4-11H,3H2,1-2H3. The van der Waals surface area contributed by atoms with Crippen molar-refractivity contribution >= 4 is 22.3 Å². The number of ether oxygens (including phenoxy) is 1. The number of aliphatic imine (C=N–C) groups is 1. The van der Waals surface area contributed by atoms with Gasteiger partial charge in [-0.3, -0.25) is 4.79 Å². The van der Waals surface area contributed by atoms with Crippen LogP contribution >= 0.6 is 0 Å². The van der Waals surface area contributed by atoms with Crippen molar-refractivity contribution in [2.45, 2.75) is 20.4 Å². The van der Waals surface area contributed by atoms with E-state index in [9.17, 15) is 4.79 Å².